The highest BCUT2D eigenvalue weighted by Gasteiger charge is 2.30. The van der Waals surface area contributed by atoms with Crippen LogP contribution in [-0.4, -0.2) is 42.1 Å². The molecule has 2 rings (SSSR count). The number of anilines is 1. The van der Waals surface area contributed by atoms with E-state index in [9.17, 15) is 9.59 Å². The van der Waals surface area contributed by atoms with Gasteiger partial charge in [-0.1, -0.05) is 0 Å². The summed E-state index contributed by atoms with van der Waals surface area (Å²) in [7, 11) is 3.80. The van der Waals surface area contributed by atoms with E-state index in [1.165, 1.54) is 6.08 Å². The third-order valence-electron chi connectivity index (χ3n) is 2.51. The number of nitrogens with zero attached hydrogens (tertiary/aromatic N) is 2. The second-order valence-corrected chi connectivity index (χ2v) is 4.15. The van der Waals surface area contributed by atoms with E-state index < -0.39 is 0 Å². The first kappa shape index (κ1) is 11.5. The van der Waals surface area contributed by atoms with Gasteiger partial charge in [-0.15, -0.1) is 0 Å². The molecule has 6 nitrogen and oxygen atoms in total. The summed E-state index contributed by atoms with van der Waals surface area (Å²) in [6.45, 7) is 0.688. The molecule has 0 aromatic carbocycles. The van der Waals surface area contributed by atoms with E-state index in [-0.39, 0.29) is 29.0 Å². The molecule has 0 unspecified atom stereocenters. The number of carbonyl (C=O) groups excluding carboxylic acids is 2. The molecule has 1 aromatic rings. The third kappa shape index (κ3) is 2.12. The molecule has 0 spiro atoms. The summed E-state index contributed by atoms with van der Waals surface area (Å²) in [6.07, 6.45) is 1.81. The first-order valence-corrected chi connectivity index (χ1v) is 5.19. The van der Waals surface area contributed by atoms with Crippen LogP contribution >= 0.6 is 0 Å². The van der Waals surface area contributed by atoms with Gasteiger partial charge in [0.25, 0.3) is 6.01 Å². The molecule has 2 N–H and O–H groups in total. The first-order valence-electron chi connectivity index (χ1n) is 5.19. The molecule has 90 valence electrons. The van der Waals surface area contributed by atoms with Crippen LogP contribution in [0.2, 0.25) is 0 Å². The molecule has 1 heterocycles. The Bertz CT molecular complexity index is 514. The van der Waals surface area contributed by atoms with Crippen molar-refractivity contribution in [3.05, 3.63) is 23.1 Å². The van der Waals surface area contributed by atoms with Gasteiger partial charge in [0.15, 0.2) is 5.69 Å². The monoisotopic (exact) mass is 235 g/mol. The molecular weight excluding hydrogens is 222 g/mol. The summed E-state index contributed by atoms with van der Waals surface area (Å²) in [5.74, 6) is -0.680. The number of fused-ring (bicyclic) bond motifs is 1. The summed E-state index contributed by atoms with van der Waals surface area (Å²) >= 11 is 0. The Balaban J connectivity index is 2.28. The molecular formula is C11H13N3O3. The number of allylic oxidation sites excluding steroid dienone is 1. The number of carbonyl (C=O) groups is 2. The van der Waals surface area contributed by atoms with Gasteiger partial charge in [-0.25, -0.2) is 0 Å². The van der Waals surface area contributed by atoms with Crippen molar-refractivity contribution in [2.75, 3.05) is 26.4 Å². The molecule has 0 atom stereocenters. The van der Waals surface area contributed by atoms with E-state index in [1.807, 2.05) is 19.0 Å². The maximum atomic E-state index is 12.0. The van der Waals surface area contributed by atoms with Crippen molar-refractivity contribution in [2.24, 2.45) is 0 Å². The molecule has 0 saturated carbocycles. The van der Waals surface area contributed by atoms with Crippen LogP contribution in [-0.2, 0) is 0 Å². The van der Waals surface area contributed by atoms with Gasteiger partial charge in [-0.3, -0.25) is 9.59 Å². The Morgan fingerprint density at radius 3 is 2.76 bits per heavy atom. The lowest BCUT2D eigenvalue weighted by Gasteiger charge is -2.12. The van der Waals surface area contributed by atoms with Crippen LogP contribution < -0.4 is 5.73 Å². The van der Waals surface area contributed by atoms with Crippen LogP contribution in [0.15, 0.2) is 16.1 Å². The van der Waals surface area contributed by atoms with Crippen molar-refractivity contribution in [1.82, 2.24) is 9.88 Å². The number of hydrogen-bond donors (Lipinski definition) is 1. The average Bonchev–Trinajstić information content (AvgIpc) is 2.64. The van der Waals surface area contributed by atoms with Crippen LogP contribution in [0, 0.1) is 0 Å². The molecule has 1 aliphatic carbocycles. The minimum atomic E-state index is -0.349. The smallest absolute Gasteiger partial charge is 0.293 e. The normalized spacial score (nSPS) is 15.1. The summed E-state index contributed by atoms with van der Waals surface area (Å²) in [5, 5.41) is 0. The molecule has 1 aliphatic rings. The van der Waals surface area contributed by atoms with Gasteiger partial charge in [0.1, 0.15) is 0 Å². The predicted molar refractivity (Wildman–Crippen MR) is 60.8 cm³/mol. The average molecular weight is 235 g/mol. The fourth-order valence-electron chi connectivity index (χ4n) is 1.63. The van der Waals surface area contributed by atoms with Crippen molar-refractivity contribution < 1.29 is 14.0 Å². The maximum Gasteiger partial charge on any atom is 0.293 e. The number of nitrogens with two attached hydrogens (primary N) is 1. The SMILES string of the molecule is CN(C)CCC1=CC(=O)c2oc(N)nc2C1=O. The summed E-state index contributed by atoms with van der Waals surface area (Å²) in [4.78, 5) is 29.3. The lowest BCUT2D eigenvalue weighted by atomic mass is 9.96. The number of aromatic nitrogens is 1. The quantitative estimate of drug-likeness (QED) is 0.821. The van der Waals surface area contributed by atoms with E-state index in [2.05, 4.69) is 4.98 Å². The highest BCUT2D eigenvalue weighted by atomic mass is 16.4. The Kier molecular flexibility index (Phi) is 2.81. The van der Waals surface area contributed by atoms with Gasteiger partial charge >= 0.3 is 0 Å². The van der Waals surface area contributed by atoms with E-state index in [1.54, 1.807) is 0 Å². The van der Waals surface area contributed by atoms with Crippen molar-refractivity contribution in [3.63, 3.8) is 0 Å². The van der Waals surface area contributed by atoms with Crippen molar-refractivity contribution in [2.45, 2.75) is 6.42 Å². The lowest BCUT2D eigenvalue weighted by Crippen LogP contribution is -2.20. The number of ketones is 2. The first-order chi connectivity index (χ1) is 7.99. The third-order valence-corrected chi connectivity index (χ3v) is 2.51. The number of hydrogen-bond acceptors (Lipinski definition) is 6. The number of oxazole rings is 1. The topological polar surface area (TPSA) is 89.4 Å². The van der Waals surface area contributed by atoms with Crippen LogP contribution in [0.4, 0.5) is 6.01 Å². The highest BCUT2D eigenvalue weighted by molar-refractivity contribution is 6.22. The molecule has 0 fully saturated rings. The van der Waals surface area contributed by atoms with E-state index in [0.717, 1.165) is 0 Å². The molecule has 0 saturated heterocycles. The highest BCUT2D eigenvalue weighted by Crippen LogP contribution is 2.24. The van der Waals surface area contributed by atoms with E-state index >= 15 is 0 Å². The van der Waals surface area contributed by atoms with Crippen molar-refractivity contribution >= 4 is 17.6 Å². The zero-order chi connectivity index (χ0) is 12.6. The molecule has 1 aromatic heterocycles. The van der Waals surface area contributed by atoms with Crippen LogP contribution in [0.5, 0.6) is 0 Å². The van der Waals surface area contributed by atoms with Gasteiger partial charge in [0, 0.05) is 12.1 Å². The second-order valence-electron chi connectivity index (χ2n) is 4.15. The standard InChI is InChI=1S/C11H13N3O3/c1-14(2)4-3-6-5-7(15)10-8(9(6)16)13-11(12)17-10/h5H,3-4H2,1-2H3,(H2,12,13). The van der Waals surface area contributed by atoms with Crippen molar-refractivity contribution in [1.29, 1.82) is 0 Å². The number of nitrogen functional groups attached to an aromatic ring is 1. The fourth-order valence-corrected chi connectivity index (χ4v) is 1.63. The second kappa shape index (κ2) is 4.14. The Labute approximate surface area is 98.1 Å². The molecule has 6 heteroatoms. The fraction of sp³-hybridized carbons (Fsp3) is 0.364. The summed E-state index contributed by atoms with van der Waals surface area (Å²) in [6, 6.07) is -0.154. The summed E-state index contributed by atoms with van der Waals surface area (Å²) < 4.78 is 4.90. The molecule has 0 aliphatic heterocycles. The van der Waals surface area contributed by atoms with Gasteiger partial charge in [-0.2, -0.15) is 4.98 Å². The van der Waals surface area contributed by atoms with Gasteiger partial charge in [0.2, 0.25) is 17.3 Å². The Morgan fingerprint density at radius 1 is 1.41 bits per heavy atom. The van der Waals surface area contributed by atoms with Crippen LogP contribution in [0.3, 0.4) is 0 Å². The van der Waals surface area contributed by atoms with Gasteiger partial charge in [-0.05, 0) is 26.6 Å². The van der Waals surface area contributed by atoms with E-state index in [0.29, 0.717) is 18.5 Å². The minimum Gasteiger partial charge on any atom is -0.419 e. The number of rotatable bonds is 3. The molecule has 17 heavy (non-hydrogen) atoms. The van der Waals surface area contributed by atoms with E-state index in [4.69, 9.17) is 10.2 Å². The van der Waals surface area contributed by atoms with Crippen LogP contribution in [0.25, 0.3) is 0 Å². The molecule has 0 radical (unpaired) electrons. The zero-order valence-electron chi connectivity index (χ0n) is 9.69. The largest absolute Gasteiger partial charge is 0.419 e. The van der Waals surface area contributed by atoms with Crippen LogP contribution in [0.1, 0.15) is 27.5 Å². The Hall–Kier alpha value is -1.95. The van der Waals surface area contributed by atoms with Gasteiger partial charge < -0.3 is 15.1 Å². The minimum absolute atomic E-state index is 0.0313. The summed E-state index contributed by atoms with van der Waals surface area (Å²) in [5.41, 5.74) is 5.82. The molecule has 0 bridgehead atoms. The zero-order valence-corrected chi connectivity index (χ0v) is 9.69. The maximum absolute atomic E-state index is 12.0. The van der Waals surface area contributed by atoms with Crippen molar-refractivity contribution in [3.8, 4) is 0 Å². The van der Waals surface area contributed by atoms with Gasteiger partial charge in [0.05, 0.1) is 0 Å². The predicted octanol–water partition coefficient (Wildman–Crippen LogP) is 0.514. The number of Topliss-reactive ketones (excluding diaryl/α,β-unsaturated/α-hetero) is 1. The molecule has 0 amide bonds. The Morgan fingerprint density at radius 2 is 2.12 bits per heavy atom. The lowest BCUT2D eigenvalue weighted by molar-refractivity contribution is 0.0962.